The average Bonchev–Trinajstić information content (AvgIpc) is 3.23. The largest absolute Gasteiger partial charge is 0.481 e. The van der Waals surface area contributed by atoms with Crippen molar-refractivity contribution >= 4 is 23.2 Å². The van der Waals surface area contributed by atoms with Crippen LogP contribution in [0, 0.1) is 5.92 Å². The highest BCUT2D eigenvalue weighted by Gasteiger charge is 2.32. The van der Waals surface area contributed by atoms with Gasteiger partial charge in [0.1, 0.15) is 5.69 Å². The fourth-order valence-electron chi connectivity index (χ4n) is 2.73. The lowest BCUT2D eigenvalue weighted by Crippen LogP contribution is -2.30. The number of aromatic nitrogens is 1. The predicted octanol–water partition coefficient (Wildman–Crippen LogP) is 2.48. The number of hydrogen-bond acceptors (Lipinski definition) is 4. The third-order valence-electron chi connectivity index (χ3n) is 4.07. The Balaban J connectivity index is 1.58. The molecule has 1 aromatic heterocycles. The Morgan fingerprint density at radius 3 is 2.74 bits per heavy atom. The molecule has 2 heterocycles. The lowest BCUT2D eigenvalue weighted by Gasteiger charge is -2.13. The second kappa shape index (κ2) is 6.91. The van der Waals surface area contributed by atoms with Crippen molar-refractivity contribution in [2.45, 2.75) is 19.3 Å². The predicted molar refractivity (Wildman–Crippen MR) is 87.6 cm³/mol. The average molecular weight is 330 g/mol. The summed E-state index contributed by atoms with van der Waals surface area (Å²) < 4.78 is 0. The SMILES string of the molecule is O=C(O)[C@H]1CCN(C(=O)c2csc(CCc3ccccc3)n2)C1. The van der Waals surface area contributed by atoms with Gasteiger partial charge in [-0.25, -0.2) is 4.98 Å². The number of carboxylic acid groups (broad SMARTS) is 1. The number of thiazole rings is 1. The van der Waals surface area contributed by atoms with Crippen LogP contribution in [-0.2, 0) is 17.6 Å². The van der Waals surface area contributed by atoms with Gasteiger partial charge in [0.15, 0.2) is 0 Å². The van der Waals surface area contributed by atoms with Gasteiger partial charge >= 0.3 is 5.97 Å². The molecule has 0 unspecified atom stereocenters. The molecule has 2 aromatic rings. The first kappa shape index (κ1) is 15.7. The monoisotopic (exact) mass is 330 g/mol. The summed E-state index contributed by atoms with van der Waals surface area (Å²) in [6.45, 7) is 0.776. The molecule has 5 nitrogen and oxygen atoms in total. The molecule has 0 saturated carbocycles. The van der Waals surface area contributed by atoms with E-state index in [9.17, 15) is 9.59 Å². The normalized spacial score (nSPS) is 17.4. The molecule has 1 saturated heterocycles. The van der Waals surface area contributed by atoms with E-state index in [1.165, 1.54) is 16.9 Å². The van der Waals surface area contributed by atoms with E-state index in [2.05, 4.69) is 17.1 Å². The maximum Gasteiger partial charge on any atom is 0.308 e. The molecule has 1 aliphatic rings. The summed E-state index contributed by atoms with van der Waals surface area (Å²) in [6.07, 6.45) is 2.22. The van der Waals surface area contributed by atoms with E-state index in [0.29, 0.717) is 18.7 Å². The van der Waals surface area contributed by atoms with Gasteiger partial charge in [-0.15, -0.1) is 11.3 Å². The molecule has 1 amide bonds. The number of benzene rings is 1. The zero-order valence-electron chi connectivity index (χ0n) is 12.6. The second-order valence-corrected chi connectivity index (χ2v) is 6.63. The molecular formula is C17H18N2O3S. The maximum absolute atomic E-state index is 12.4. The quantitative estimate of drug-likeness (QED) is 0.914. The molecule has 1 fully saturated rings. The summed E-state index contributed by atoms with van der Waals surface area (Å²) in [5.74, 6) is -1.44. The number of carboxylic acids is 1. The zero-order chi connectivity index (χ0) is 16.2. The first-order chi connectivity index (χ1) is 11.1. The first-order valence-corrected chi connectivity index (χ1v) is 8.52. The molecule has 0 bridgehead atoms. The summed E-state index contributed by atoms with van der Waals surface area (Å²) in [6, 6.07) is 10.2. The van der Waals surface area contributed by atoms with Crippen LogP contribution in [0.1, 0.15) is 27.5 Å². The van der Waals surface area contributed by atoms with E-state index in [0.717, 1.165) is 17.8 Å². The van der Waals surface area contributed by atoms with Crippen molar-refractivity contribution in [3.8, 4) is 0 Å². The van der Waals surface area contributed by atoms with Crippen LogP contribution in [0.5, 0.6) is 0 Å². The Hall–Kier alpha value is -2.21. The fraction of sp³-hybridized carbons (Fsp3) is 0.353. The lowest BCUT2D eigenvalue weighted by atomic mass is 10.1. The molecule has 23 heavy (non-hydrogen) atoms. The topological polar surface area (TPSA) is 70.5 Å². The van der Waals surface area contributed by atoms with Gasteiger partial charge in [-0.2, -0.15) is 0 Å². The van der Waals surface area contributed by atoms with Gasteiger partial charge in [0, 0.05) is 24.9 Å². The molecular weight excluding hydrogens is 312 g/mol. The van der Waals surface area contributed by atoms with Crippen molar-refractivity contribution in [2.75, 3.05) is 13.1 Å². The summed E-state index contributed by atoms with van der Waals surface area (Å²) >= 11 is 1.49. The van der Waals surface area contributed by atoms with E-state index in [4.69, 9.17) is 5.11 Å². The van der Waals surface area contributed by atoms with Crippen molar-refractivity contribution in [1.29, 1.82) is 0 Å². The van der Waals surface area contributed by atoms with E-state index >= 15 is 0 Å². The third kappa shape index (κ3) is 3.76. The molecule has 1 aromatic carbocycles. The molecule has 0 aliphatic carbocycles. The number of carbonyl (C=O) groups is 2. The van der Waals surface area contributed by atoms with Crippen LogP contribution in [0.4, 0.5) is 0 Å². The van der Waals surface area contributed by atoms with Gasteiger partial charge in [-0.1, -0.05) is 30.3 Å². The van der Waals surface area contributed by atoms with Crippen LogP contribution in [0.15, 0.2) is 35.7 Å². The van der Waals surface area contributed by atoms with E-state index in [-0.39, 0.29) is 12.5 Å². The molecule has 6 heteroatoms. The molecule has 1 N–H and O–H groups in total. The highest BCUT2D eigenvalue weighted by Crippen LogP contribution is 2.20. The summed E-state index contributed by atoms with van der Waals surface area (Å²) in [5, 5.41) is 11.7. The summed E-state index contributed by atoms with van der Waals surface area (Å²) in [7, 11) is 0. The zero-order valence-corrected chi connectivity index (χ0v) is 13.5. The number of rotatable bonds is 5. The van der Waals surface area contributed by atoms with Crippen molar-refractivity contribution in [2.24, 2.45) is 5.92 Å². The van der Waals surface area contributed by atoms with Crippen molar-refractivity contribution in [1.82, 2.24) is 9.88 Å². The fourth-order valence-corrected chi connectivity index (χ4v) is 3.50. The number of amides is 1. The van der Waals surface area contributed by atoms with E-state index in [1.807, 2.05) is 18.2 Å². The minimum Gasteiger partial charge on any atom is -0.481 e. The van der Waals surface area contributed by atoms with Crippen LogP contribution < -0.4 is 0 Å². The molecule has 0 radical (unpaired) electrons. The van der Waals surface area contributed by atoms with Gasteiger partial charge in [0.05, 0.1) is 10.9 Å². The first-order valence-electron chi connectivity index (χ1n) is 7.64. The molecule has 1 aliphatic heterocycles. The standard InChI is InChI=1S/C17H18N2O3S/c20-16(19-9-8-13(10-19)17(21)22)14-11-23-15(18-14)7-6-12-4-2-1-3-5-12/h1-5,11,13H,6-10H2,(H,21,22)/t13-/m0/s1. The maximum atomic E-state index is 12.4. The summed E-state index contributed by atoms with van der Waals surface area (Å²) in [4.78, 5) is 29.4. The number of nitrogens with zero attached hydrogens (tertiary/aromatic N) is 2. The highest BCUT2D eigenvalue weighted by molar-refractivity contribution is 7.09. The molecule has 1 atom stereocenters. The van der Waals surface area contributed by atoms with Crippen molar-refractivity contribution in [3.63, 3.8) is 0 Å². The van der Waals surface area contributed by atoms with Gasteiger partial charge < -0.3 is 10.0 Å². The van der Waals surface area contributed by atoms with Crippen molar-refractivity contribution < 1.29 is 14.7 Å². The number of likely N-dealkylation sites (tertiary alicyclic amines) is 1. The molecule has 3 rings (SSSR count). The number of aryl methyl sites for hydroxylation is 2. The van der Waals surface area contributed by atoms with Crippen LogP contribution in [-0.4, -0.2) is 40.0 Å². The van der Waals surface area contributed by atoms with E-state index < -0.39 is 11.9 Å². The lowest BCUT2D eigenvalue weighted by molar-refractivity contribution is -0.141. The Kier molecular flexibility index (Phi) is 4.71. The van der Waals surface area contributed by atoms with Gasteiger partial charge in [-0.3, -0.25) is 9.59 Å². The third-order valence-corrected chi connectivity index (χ3v) is 4.97. The highest BCUT2D eigenvalue weighted by atomic mass is 32.1. The van der Waals surface area contributed by atoms with Gasteiger partial charge in [0.2, 0.25) is 0 Å². The Morgan fingerprint density at radius 2 is 2.04 bits per heavy atom. The molecule has 0 spiro atoms. The Labute approximate surface area is 138 Å². The van der Waals surface area contributed by atoms with E-state index in [1.54, 1.807) is 10.3 Å². The van der Waals surface area contributed by atoms with Crippen LogP contribution in [0.2, 0.25) is 0 Å². The van der Waals surface area contributed by atoms with Crippen LogP contribution in [0.25, 0.3) is 0 Å². The smallest absolute Gasteiger partial charge is 0.308 e. The van der Waals surface area contributed by atoms with Crippen LogP contribution in [0.3, 0.4) is 0 Å². The van der Waals surface area contributed by atoms with Crippen molar-refractivity contribution in [3.05, 3.63) is 52.0 Å². The number of hydrogen-bond donors (Lipinski definition) is 1. The second-order valence-electron chi connectivity index (χ2n) is 5.69. The number of aliphatic carboxylic acids is 1. The minimum absolute atomic E-state index is 0.157. The van der Waals surface area contributed by atoms with Crippen LogP contribution >= 0.6 is 11.3 Å². The Morgan fingerprint density at radius 1 is 1.26 bits per heavy atom. The van der Waals surface area contributed by atoms with Gasteiger partial charge in [0.25, 0.3) is 5.91 Å². The van der Waals surface area contributed by atoms with Gasteiger partial charge in [-0.05, 0) is 18.4 Å². The summed E-state index contributed by atoms with van der Waals surface area (Å²) in [5.41, 5.74) is 1.68. The minimum atomic E-state index is -0.831. The Bertz CT molecular complexity index is 699. The molecule has 120 valence electrons. The number of carbonyl (C=O) groups excluding carboxylic acids is 1.